The Labute approximate surface area is 157 Å². The van der Waals surface area contributed by atoms with Crippen molar-refractivity contribution in [1.82, 2.24) is 19.7 Å². The third-order valence-corrected chi connectivity index (χ3v) is 6.05. The van der Waals surface area contributed by atoms with Crippen molar-refractivity contribution in [2.75, 3.05) is 13.1 Å². The zero-order valence-corrected chi connectivity index (χ0v) is 16.3. The minimum absolute atomic E-state index is 0.0784. The predicted molar refractivity (Wildman–Crippen MR) is 104 cm³/mol. The van der Waals surface area contributed by atoms with Crippen molar-refractivity contribution in [3.63, 3.8) is 0 Å². The molecule has 5 nitrogen and oxygen atoms in total. The van der Waals surface area contributed by atoms with E-state index in [1.54, 1.807) is 11.3 Å². The number of amides is 1. The van der Waals surface area contributed by atoms with Gasteiger partial charge in [0.05, 0.1) is 17.4 Å². The average Bonchev–Trinajstić information content (AvgIpc) is 3.08. The maximum absolute atomic E-state index is 12.8. The number of thiazole rings is 1. The summed E-state index contributed by atoms with van der Waals surface area (Å²) in [6.45, 7) is 9.57. The van der Waals surface area contributed by atoms with Crippen LogP contribution in [0.15, 0.2) is 30.3 Å². The van der Waals surface area contributed by atoms with E-state index in [0.29, 0.717) is 13.1 Å². The fourth-order valence-corrected chi connectivity index (χ4v) is 4.27. The highest BCUT2D eigenvalue weighted by Crippen LogP contribution is 2.29. The Kier molecular flexibility index (Phi) is 4.15. The summed E-state index contributed by atoms with van der Waals surface area (Å²) >= 11 is 1.67. The van der Waals surface area contributed by atoms with E-state index in [2.05, 4.69) is 30.0 Å². The van der Waals surface area contributed by atoms with Gasteiger partial charge in [-0.1, -0.05) is 12.1 Å². The molecule has 0 saturated carbocycles. The highest BCUT2D eigenvalue weighted by atomic mass is 32.1. The van der Waals surface area contributed by atoms with Gasteiger partial charge in [-0.05, 0) is 45.9 Å². The van der Waals surface area contributed by atoms with Crippen molar-refractivity contribution in [3.8, 4) is 10.6 Å². The van der Waals surface area contributed by atoms with Gasteiger partial charge in [-0.3, -0.25) is 9.48 Å². The summed E-state index contributed by atoms with van der Waals surface area (Å²) in [6, 6.07) is 10.1. The number of carbonyl (C=O) groups is 1. The largest absolute Gasteiger partial charge is 0.334 e. The summed E-state index contributed by atoms with van der Waals surface area (Å²) in [6.07, 6.45) is 0. The van der Waals surface area contributed by atoms with Gasteiger partial charge in [0.15, 0.2) is 0 Å². The van der Waals surface area contributed by atoms with Crippen molar-refractivity contribution in [2.45, 2.75) is 33.7 Å². The number of rotatable bonds is 3. The van der Waals surface area contributed by atoms with Crippen molar-refractivity contribution < 1.29 is 4.79 Å². The molecular formula is C20H22N4OS. The molecule has 1 saturated heterocycles. The summed E-state index contributed by atoms with van der Waals surface area (Å²) in [7, 11) is 0. The van der Waals surface area contributed by atoms with Crippen molar-refractivity contribution in [3.05, 3.63) is 57.9 Å². The minimum atomic E-state index is 0.0784. The van der Waals surface area contributed by atoms with Crippen LogP contribution in [0.2, 0.25) is 0 Å². The van der Waals surface area contributed by atoms with E-state index in [-0.39, 0.29) is 11.9 Å². The number of benzene rings is 1. The van der Waals surface area contributed by atoms with E-state index >= 15 is 0 Å². The lowest BCUT2D eigenvalue weighted by Crippen LogP contribution is -2.51. The lowest BCUT2D eigenvalue weighted by Gasteiger charge is -2.39. The van der Waals surface area contributed by atoms with Crippen LogP contribution in [0.4, 0.5) is 0 Å². The summed E-state index contributed by atoms with van der Waals surface area (Å²) in [4.78, 5) is 20.5. The van der Waals surface area contributed by atoms with Gasteiger partial charge in [0.1, 0.15) is 5.01 Å². The Balaban J connectivity index is 1.49. The SMILES string of the molecule is Cc1cc(C)n(C2CN(C(=O)c3cccc(-c4nc(C)c(C)s4)c3)C2)n1. The third kappa shape index (κ3) is 2.94. The topological polar surface area (TPSA) is 51.0 Å². The normalized spacial score (nSPS) is 14.5. The molecule has 1 amide bonds. The van der Waals surface area contributed by atoms with Gasteiger partial charge in [0.25, 0.3) is 5.91 Å². The standard InChI is InChI=1S/C20H22N4OS/c1-12-8-13(2)24(22-12)18-10-23(11-18)20(25)17-7-5-6-16(9-17)19-21-14(3)15(4)26-19/h5-9,18H,10-11H2,1-4H3. The van der Waals surface area contributed by atoms with Crippen LogP contribution >= 0.6 is 11.3 Å². The molecule has 0 aliphatic carbocycles. The van der Waals surface area contributed by atoms with Crippen molar-refractivity contribution in [1.29, 1.82) is 0 Å². The minimum Gasteiger partial charge on any atom is -0.334 e. The molecule has 26 heavy (non-hydrogen) atoms. The van der Waals surface area contributed by atoms with E-state index in [1.165, 1.54) is 4.88 Å². The first-order valence-corrected chi connectivity index (χ1v) is 9.60. The molecule has 0 bridgehead atoms. The first-order valence-electron chi connectivity index (χ1n) is 8.79. The van der Waals surface area contributed by atoms with Crippen LogP contribution in [0.5, 0.6) is 0 Å². The molecule has 1 aromatic carbocycles. The molecule has 3 aromatic rings. The quantitative estimate of drug-likeness (QED) is 0.705. The molecule has 4 rings (SSSR count). The van der Waals surface area contributed by atoms with Crippen molar-refractivity contribution in [2.24, 2.45) is 0 Å². The molecule has 134 valence electrons. The summed E-state index contributed by atoms with van der Waals surface area (Å²) in [5.74, 6) is 0.0784. The molecule has 0 radical (unpaired) electrons. The second-order valence-corrected chi connectivity index (χ2v) is 8.18. The van der Waals surface area contributed by atoms with Crippen LogP contribution in [-0.2, 0) is 0 Å². The highest BCUT2D eigenvalue weighted by Gasteiger charge is 2.33. The highest BCUT2D eigenvalue weighted by molar-refractivity contribution is 7.15. The van der Waals surface area contributed by atoms with Gasteiger partial charge in [-0.2, -0.15) is 5.10 Å². The molecule has 2 aromatic heterocycles. The second kappa shape index (κ2) is 6.36. The Morgan fingerprint density at radius 1 is 1.15 bits per heavy atom. The monoisotopic (exact) mass is 366 g/mol. The number of nitrogens with zero attached hydrogens (tertiary/aromatic N) is 4. The van der Waals surface area contributed by atoms with Crippen LogP contribution in [0.3, 0.4) is 0 Å². The molecule has 0 N–H and O–H groups in total. The van der Waals surface area contributed by atoms with E-state index in [9.17, 15) is 4.79 Å². The maximum atomic E-state index is 12.8. The average molecular weight is 366 g/mol. The van der Waals surface area contributed by atoms with Gasteiger partial charge in [0.2, 0.25) is 0 Å². The molecule has 0 atom stereocenters. The predicted octanol–water partition coefficient (Wildman–Crippen LogP) is 3.94. The summed E-state index contributed by atoms with van der Waals surface area (Å²) in [5.41, 5.74) is 4.95. The first kappa shape index (κ1) is 17.0. The Hall–Kier alpha value is -2.47. The molecule has 0 unspecified atom stereocenters. The van der Waals surface area contributed by atoms with Crippen LogP contribution in [0.25, 0.3) is 10.6 Å². The summed E-state index contributed by atoms with van der Waals surface area (Å²) < 4.78 is 2.04. The zero-order valence-electron chi connectivity index (χ0n) is 15.5. The molecule has 0 spiro atoms. The Morgan fingerprint density at radius 2 is 1.92 bits per heavy atom. The summed E-state index contributed by atoms with van der Waals surface area (Å²) in [5, 5.41) is 5.51. The second-order valence-electron chi connectivity index (χ2n) is 6.98. The number of hydrogen-bond donors (Lipinski definition) is 0. The number of carbonyl (C=O) groups excluding carboxylic acids is 1. The van der Waals surface area contributed by atoms with E-state index in [1.807, 2.05) is 47.7 Å². The number of likely N-dealkylation sites (tertiary alicyclic amines) is 1. The van der Waals surface area contributed by atoms with E-state index < -0.39 is 0 Å². The lowest BCUT2D eigenvalue weighted by molar-refractivity contribution is 0.0497. The van der Waals surface area contributed by atoms with Gasteiger partial charge < -0.3 is 4.90 Å². The lowest BCUT2D eigenvalue weighted by atomic mass is 10.0. The van der Waals surface area contributed by atoms with Crippen LogP contribution in [-0.4, -0.2) is 38.7 Å². The van der Waals surface area contributed by atoms with Gasteiger partial charge in [-0.15, -0.1) is 11.3 Å². The molecular weight excluding hydrogens is 344 g/mol. The number of hydrogen-bond acceptors (Lipinski definition) is 4. The fraction of sp³-hybridized carbons (Fsp3) is 0.350. The molecule has 1 fully saturated rings. The van der Waals surface area contributed by atoms with Gasteiger partial charge in [0, 0.05) is 34.8 Å². The first-order chi connectivity index (χ1) is 12.4. The fourth-order valence-electron chi connectivity index (χ4n) is 3.36. The van der Waals surface area contributed by atoms with E-state index in [0.717, 1.165) is 33.2 Å². The number of aromatic nitrogens is 3. The molecule has 1 aliphatic rings. The molecule has 3 heterocycles. The van der Waals surface area contributed by atoms with E-state index in [4.69, 9.17) is 0 Å². The Morgan fingerprint density at radius 3 is 2.54 bits per heavy atom. The molecule has 1 aliphatic heterocycles. The van der Waals surface area contributed by atoms with Gasteiger partial charge >= 0.3 is 0 Å². The molecule has 6 heteroatoms. The maximum Gasteiger partial charge on any atom is 0.254 e. The number of aryl methyl sites for hydroxylation is 4. The van der Waals surface area contributed by atoms with Crippen LogP contribution < -0.4 is 0 Å². The Bertz CT molecular complexity index is 962. The van der Waals surface area contributed by atoms with Gasteiger partial charge in [-0.25, -0.2) is 4.98 Å². The third-order valence-electron chi connectivity index (χ3n) is 4.92. The van der Waals surface area contributed by atoms with Crippen LogP contribution in [0.1, 0.15) is 38.4 Å². The van der Waals surface area contributed by atoms with Crippen molar-refractivity contribution >= 4 is 17.2 Å². The zero-order chi connectivity index (χ0) is 18.4. The van der Waals surface area contributed by atoms with Crippen LogP contribution in [0, 0.1) is 27.7 Å². The smallest absolute Gasteiger partial charge is 0.254 e.